The molecule has 5 aromatic carbocycles. The number of anilines is 1. The first-order chi connectivity index (χ1) is 19.9. The molecule has 3 N–H and O–H groups in total. The van der Waals surface area contributed by atoms with Gasteiger partial charge in [-0.25, -0.2) is 0 Å². The number of carbonyl (C=O) groups is 1. The van der Waals surface area contributed by atoms with Gasteiger partial charge in [0, 0.05) is 22.1 Å². The van der Waals surface area contributed by atoms with Crippen LogP contribution in [0.3, 0.4) is 0 Å². The number of halogens is 1. The Morgan fingerprint density at radius 1 is 0.732 bits per heavy atom. The van der Waals surface area contributed by atoms with Crippen molar-refractivity contribution in [1.29, 1.82) is 0 Å². The third-order valence-corrected chi connectivity index (χ3v) is 7.63. The highest BCUT2D eigenvalue weighted by molar-refractivity contribution is 6.32. The monoisotopic (exact) mass is 558 g/mol. The van der Waals surface area contributed by atoms with Crippen molar-refractivity contribution in [3.8, 4) is 22.6 Å². The number of fused-ring (bicyclic) bond motifs is 1. The number of phenols is 2. The fourth-order valence-electron chi connectivity index (χ4n) is 5.27. The summed E-state index contributed by atoms with van der Waals surface area (Å²) in [5.74, 6) is -0.215. The van der Waals surface area contributed by atoms with Crippen LogP contribution in [-0.4, -0.2) is 27.9 Å². The maximum absolute atomic E-state index is 13.9. The maximum atomic E-state index is 13.9. The summed E-state index contributed by atoms with van der Waals surface area (Å²) < 4.78 is 0. The van der Waals surface area contributed by atoms with Crippen LogP contribution in [0.15, 0.2) is 126 Å². The van der Waals surface area contributed by atoms with E-state index in [-0.39, 0.29) is 23.3 Å². The van der Waals surface area contributed by atoms with Crippen LogP contribution in [0.5, 0.6) is 11.5 Å². The van der Waals surface area contributed by atoms with Gasteiger partial charge in [0.15, 0.2) is 0 Å². The lowest BCUT2D eigenvalue weighted by atomic mass is 9.84. The maximum Gasteiger partial charge on any atom is 0.249 e. The first-order valence-corrected chi connectivity index (χ1v) is 13.7. The highest BCUT2D eigenvalue weighted by Gasteiger charge is 2.33. The van der Waals surface area contributed by atoms with Crippen LogP contribution in [-0.2, 0) is 11.2 Å². The molecule has 41 heavy (non-hydrogen) atoms. The zero-order chi connectivity index (χ0) is 28.3. The zero-order valence-electron chi connectivity index (χ0n) is 22.0. The molecule has 0 aromatic heterocycles. The van der Waals surface area contributed by atoms with E-state index in [1.54, 1.807) is 54.6 Å². The van der Waals surface area contributed by atoms with Gasteiger partial charge in [-0.05, 0) is 83.3 Å². The SMILES string of the molecule is O=C1Nc2ccc(Cl)cc2C(c2ccc(O)cc2)=NC1C(Cc1ccc(O)cc1)c1ccc(-c2ccccc2)cc1. The van der Waals surface area contributed by atoms with Crippen LogP contribution < -0.4 is 5.32 Å². The molecule has 0 spiro atoms. The molecule has 1 heterocycles. The van der Waals surface area contributed by atoms with Crippen molar-refractivity contribution in [3.63, 3.8) is 0 Å². The van der Waals surface area contributed by atoms with Crippen molar-refractivity contribution in [2.45, 2.75) is 18.4 Å². The zero-order valence-corrected chi connectivity index (χ0v) is 22.8. The smallest absolute Gasteiger partial charge is 0.249 e. The Morgan fingerprint density at radius 3 is 2.02 bits per heavy atom. The Bertz CT molecular complexity index is 1720. The van der Waals surface area contributed by atoms with Gasteiger partial charge in [-0.3, -0.25) is 9.79 Å². The summed E-state index contributed by atoms with van der Waals surface area (Å²) in [7, 11) is 0. The van der Waals surface area contributed by atoms with Gasteiger partial charge in [-0.2, -0.15) is 0 Å². The number of phenolic OH excluding ortho intramolecular Hbond substituents is 2. The molecule has 0 saturated heterocycles. The van der Waals surface area contributed by atoms with E-state index >= 15 is 0 Å². The number of hydrogen-bond donors (Lipinski definition) is 3. The molecule has 2 unspecified atom stereocenters. The van der Waals surface area contributed by atoms with Crippen molar-refractivity contribution in [2.24, 2.45) is 4.99 Å². The van der Waals surface area contributed by atoms with Gasteiger partial charge < -0.3 is 15.5 Å². The number of benzene rings is 5. The van der Waals surface area contributed by atoms with Gasteiger partial charge in [-0.1, -0.05) is 78.3 Å². The summed E-state index contributed by atoms with van der Waals surface area (Å²) in [4.78, 5) is 19.0. The van der Waals surface area contributed by atoms with Crippen LogP contribution in [0.25, 0.3) is 11.1 Å². The highest BCUT2D eigenvalue weighted by atomic mass is 35.5. The second kappa shape index (κ2) is 11.3. The van der Waals surface area contributed by atoms with Crippen molar-refractivity contribution >= 4 is 28.9 Å². The van der Waals surface area contributed by atoms with E-state index in [1.165, 1.54) is 0 Å². The van der Waals surface area contributed by atoms with Crippen LogP contribution in [0.1, 0.15) is 28.2 Å². The number of rotatable bonds is 6. The molecule has 2 atom stereocenters. The lowest BCUT2D eigenvalue weighted by Crippen LogP contribution is -2.32. The molecule has 1 aliphatic rings. The Hall–Kier alpha value is -4.87. The van der Waals surface area contributed by atoms with Gasteiger partial charge in [0.2, 0.25) is 5.91 Å². The summed E-state index contributed by atoms with van der Waals surface area (Å²) >= 11 is 6.40. The second-order valence-electron chi connectivity index (χ2n) is 10.1. The molecule has 0 fully saturated rings. The van der Waals surface area contributed by atoms with Crippen LogP contribution in [0.4, 0.5) is 5.69 Å². The van der Waals surface area contributed by atoms with E-state index in [1.807, 2.05) is 30.3 Å². The molecule has 6 heteroatoms. The summed E-state index contributed by atoms with van der Waals surface area (Å²) in [5.41, 5.74) is 6.84. The molecule has 0 aliphatic carbocycles. The fraction of sp³-hybridized carbons (Fsp3) is 0.0857. The minimum Gasteiger partial charge on any atom is -0.508 e. The molecule has 0 saturated carbocycles. The molecule has 202 valence electrons. The molecule has 5 nitrogen and oxygen atoms in total. The van der Waals surface area contributed by atoms with Crippen molar-refractivity contribution in [3.05, 3.63) is 149 Å². The molecule has 6 rings (SSSR count). The van der Waals surface area contributed by atoms with Crippen LogP contribution in [0, 0.1) is 0 Å². The van der Waals surface area contributed by atoms with E-state index in [0.29, 0.717) is 28.4 Å². The van der Waals surface area contributed by atoms with Gasteiger partial charge >= 0.3 is 0 Å². The molecule has 1 amide bonds. The van der Waals surface area contributed by atoms with Crippen LogP contribution >= 0.6 is 11.6 Å². The lowest BCUT2D eigenvalue weighted by molar-refractivity contribution is -0.117. The van der Waals surface area contributed by atoms with E-state index in [4.69, 9.17) is 16.6 Å². The largest absolute Gasteiger partial charge is 0.508 e. The lowest BCUT2D eigenvalue weighted by Gasteiger charge is -2.24. The average molecular weight is 559 g/mol. The summed E-state index contributed by atoms with van der Waals surface area (Å²) in [6.07, 6.45) is 0.520. The number of aromatic hydroxyl groups is 2. The number of nitrogens with one attached hydrogen (secondary N) is 1. The Kier molecular flexibility index (Phi) is 7.28. The molecule has 0 bridgehead atoms. The number of carbonyl (C=O) groups excluding carboxylic acids is 1. The number of amides is 1. The Balaban J connectivity index is 1.48. The third-order valence-electron chi connectivity index (χ3n) is 7.39. The first kappa shape index (κ1) is 26.4. The fourth-order valence-corrected chi connectivity index (χ4v) is 5.44. The predicted octanol–water partition coefficient (Wildman–Crippen LogP) is 7.60. The van der Waals surface area contributed by atoms with Gasteiger partial charge in [0.05, 0.1) is 11.4 Å². The number of benzodiazepines with no additional fused rings is 1. The molecular weight excluding hydrogens is 532 g/mol. The van der Waals surface area contributed by atoms with Gasteiger partial charge in [0.1, 0.15) is 17.5 Å². The van der Waals surface area contributed by atoms with Gasteiger partial charge in [0.25, 0.3) is 0 Å². The van der Waals surface area contributed by atoms with Crippen molar-refractivity contribution in [1.82, 2.24) is 0 Å². The number of hydrogen-bond acceptors (Lipinski definition) is 4. The number of aliphatic imine (C=N–C) groups is 1. The minimum atomic E-state index is -0.777. The average Bonchev–Trinajstić information content (AvgIpc) is 3.13. The summed E-state index contributed by atoms with van der Waals surface area (Å²) in [6.45, 7) is 0. The second-order valence-corrected chi connectivity index (χ2v) is 10.6. The molecule has 5 aromatic rings. The number of nitrogens with zero attached hydrogens (tertiary/aromatic N) is 1. The quantitative estimate of drug-likeness (QED) is 0.201. The Labute approximate surface area is 243 Å². The van der Waals surface area contributed by atoms with Crippen LogP contribution in [0.2, 0.25) is 5.02 Å². The molecular formula is C35H27ClN2O3. The van der Waals surface area contributed by atoms with Crippen molar-refractivity contribution < 1.29 is 15.0 Å². The third kappa shape index (κ3) is 5.72. The topological polar surface area (TPSA) is 81.9 Å². The molecule has 0 radical (unpaired) electrons. The summed E-state index contributed by atoms with van der Waals surface area (Å²) in [5, 5.41) is 23.4. The predicted molar refractivity (Wildman–Crippen MR) is 164 cm³/mol. The summed E-state index contributed by atoms with van der Waals surface area (Å²) in [6, 6.07) is 36.8. The Morgan fingerprint density at radius 2 is 1.34 bits per heavy atom. The van der Waals surface area contributed by atoms with E-state index in [9.17, 15) is 15.0 Å². The van der Waals surface area contributed by atoms with Crippen molar-refractivity contribution in [2.75, 3.05) is 5.32 Å². The molecule has 1 aliphatic heterocycles. The standard InChI is InChI=1S/C35H27ClN2O3/c36-27-14-19-32-31(21-27)33(26-12-17-29(40)18-13-26)38-34(35(41)37-32)30(20-22-6-15-28(39)16-7-22)25-10-8-24(9-11-25)23-4-2-1-3-5-23/h1-19,21,30,34,39-40H,20H2,(H,37,41). The normalized spacial score (nSPS) is 15.3. The van der Waals surface area contributed by atoms with E-state index in [2.05, 4.69) is 41.7 Å². The minimum absolute atomic E-state index is 0.142. The highest BCUT2D eigenvalue weighted by Crippen LogP contribution is 2.35. The first-order valence-electron chi connectivity index (χ1n) is 13.4. The van der Waals surface area contributed by atoms with E-state index < -0.39 is 6.04 Å². The van der Waals surface area contributed by atoms with E-state index in [0.717, 1.165) is 27.8 Å². The van der Waals surface area contributed by atoms with Gasteiger partial charge in [-0.15, -0.1) is 0 Å².